The molecule has 4 fully saturated rings. The number of para-hydroxylation sites is 1. The van der Waals surface area contributed by atoms with Crippen LogP contribution in [0, 0.1) is 5.41 Å². The van der Waals surface area contributed by atoms with E-state index in [1.54, 1.807) is 12.1 Å². The van der Waals surface area contributed by atoms with Gasteiger partial charge in [0.2, 0.25) is 0 Å². The number of hydrogen-bond acceptors (Lipinski definition) is 2. The summed E-state index contributed by atoms with van der Waals surface area (Å²) >= 11 is 0. The van der Waals surface area contributed by atoms with Crippen molar-refractivity contribution < 1.29 is 27.8 Å². The molecule has 5 rings (SSSR count). The van der Waals surface area contributed by atoms with Gasteiger partial charge in [-0.25, -0.2) is 18.0 Å². The molecule has 0 unspecified atom stereocenters. The third kappa shape index (κ3) is 2.47. The van der Waals surface area contributed by atoms with Crippen LogP contribution in [-0.2, 0) is 0 Å². The van der Waals surface area contributed by atoms with Gasteiger partial charge in [-0.3, -0.25) is 0 Å². The van der Waals surface area contributed by atoms with Crippen molar-refractivity contribution in [1.29, 1.82) is 0 Å². The second kappa shape index (κ2) is 4.67. The van der Waals surface area contributed by atoms with Gasteiger partial charge < -0.3 is 9.84 Å². The Hall–Kier alpha value is -1.72. The van der Waals surface area contributed by atoms with Gasteiger partial charge in [0.1, 0.15) is 28.3 Å². The third-order valence-corrected chi connectivity index (χ3v) is 5.63. The first kappa shape index (κ1) is 15.8. The summed E-state index contributed by atoms with van der Waals surface area (Å²) in [4.78, 5) is 11.2. The van der Waals surface area contributed by atoms with Crippen molar-refractivity contribution >= 4 is 5.97 Å². The van der Waals surface area contributed by atoms with E-state index in [0.29, 0.717) is 0 Å². The molecule has 4 bridgehead atoms. The molecule has 4 aliphatic carbocycles. The normalized spacial score (nSPS) is 43.0. The number of hydrogen-bond donors (Lipinski definition) is 1. The van der Waals surface area contributed by atoms with E-state index in [9.17, 15) is 23.1 Å². The van der Waals surface area contributed by atoms with Crippen molar-refractivity contribution in [1.82, 2.24) is 0 Å². The highest BCUT2D eigenvalue weighted by Gasteiger charge is 2.70. The van der Waals surface area contributed by atoms with E-state index in [4.69, 9.17) is 4.74 Å². The molecule has 0 amide bonds. The lowest BCUT2D eigenvalue weighted by Gasteiger charge is -2.62. The monoisotopic (exact) mass is 340 g/mol. The SMILES string of the molecule is O=C(O)c1ccccc1OCC12CC3(F)CC(F)(CC(F)(C3)C1)C2. The molecule has 0 atom stereocenters. The van der Waals surface area contributed by atoms with E-state index in [0.717, 1.165) is 0 Å². The largest absolute Gasteiger partial charge is 0.492 e. The predicted molar refractivity (Wildman–Crippen MR) is 80.5 cm³/mol. The van der Waals surface area contributed by atoms with E-state index < -0.39 is 28.4 Å². The summed E-state index contributed by atoms with van der Waals surface area (Å²) < 4.78 is 50.4. The first-order valence-electron chi connectivity index (χ1n) is 8.16. The summed E-state index contributed by atoms with van der Waals surface area (Å²) in [7, 11) is 0. The van der Waals surface area contributed by atoms with Crippen LogP contribution in [0.15, 0.2) is 24.3 Å². The van der Waals surface area contributed by atoms with Crippen molar-refractivity contribution in [2.24, 2.45) is 5.41 Å². The number of carbonyl (C=O) groups is 1. The number of halogens is 3. The highest BCUT2D eigenvalue weighted by Crippen LogP contribution is 2.68. The molecule has 0 radical (unpaired) electrons. The molecule has 6 heteroatoms. The van der Waals surface area contributed by atoms with Gasteiger partial charge >= 0.3 is 5.97 Å². The van der Waals surface area contributed by atoms with Gasteiger partial charge in [-0.1, -0.05) is 12.1 Å². The molecule has 1 aromatic carbocycles. The second-order valence-corrected chi connectivity index (χ2v) is 8.10. The Morgan fingerprint density at radius 3 is 1.96 bits per heavy atom. The van der Waals surface area contributed by atoms with Crippen molar-refractivity contribution in [3.05, 3.63) is 29.8 Å². The maximum absolute atomic E-state index is 14.9. The number of carboxylic acids is 1. The van der Waals surface area contributed by atoms with Gasteiger partial charge in [0, 0.05) is 24.7 Å². The molecule has 4 aliphatic rings. The first-order chi connectivity index (χ1) is 11.1. The van der Waals surface area contributed by atoms with Crippen LogP contribution in [0.3, 0.4) is 0 Å². The molecule has 24 heavy (non-hydrogen) atoms. The fourth-order valence-electron chi connectivity index (χ4n) is 5.62. The standard InChI is InChI=1S/C18H19F3O3/c19-16-5-15(6-17(20,8-16)10-18(21,7-15)9-16)11-24-13-4-2-1-3-12(13)14(22)23/h1-4H,5-11H2,(H,22,23). The summed E-state index contributed by atoms with van der Waals surface area (Å²) in [5.74, 6) is -0.989. The lowest BCUT2D eigenvalue weighted by molar-refractivity contribution is -0.223. The number of benzene rings is 1. The quantitative estimate of drug-likeness (QED) is 0.891. The van der Waals surface area contributed by atoms with Gasteiger partial charge in [0.15, 0.2) is 0 Å². The summed E-state index contributed by atoms with van der Waals surface area (Å²) in [6.45, 7) is -0.0691. The Morgan fingerprint density at radius 1 is 0.958 bits per heavy atom. The molecule has 1 N–H and O–H groups in total. The van der Waals surface area contributed by atoms with Crippen molar-refractivity contribution in [3.8, 4) is 5.75 Å². The highest BCUT2D eigenvalue weighted by molar-refractivity contribution is 5.90. The Bertz CT molecular complexity index is 651. The van der Waals surface area contributed by atoms with Crippen LogP contribution in [0.1, 0.15) is 48.9 Å². The van der Waals surface area contributed by atoms with Gasteiger partial charge in [0.05, 0.1) is 6.61 Å². The van der Waals surface area contributed by atoms with Crippen LogP contribution in [-0.4, -0.2) is 34.7 Å². The van der Waals surface area contributed by atoms with Crippen LogP contribution in [0.25, 0.3) is 0 Å². The topological polar surface area (TPSA) is 46.5 Å². The smallest absolute Gasteiger partial charge is 0.339 e. The highest BCUT2D eigenvalue weighted by atomic mass is 19.2. The summed E-state index contributed by atoms with van der Waals surface area (Å²) in [6.07, 6.45) is -0.483. The molecule has 3 nitrogen and oxygen atoms in total. The minimum Gasteiger partial charge on any atom is -0.492 e. The van der Waals surface area contributed by atoms with Crippen LogP contribution in [0.5, 0.6) is 5.75 Å². The summed E-state index contributed by atoms with van der Waals surface area (Å²) in [5.41, 5.74) is -6.41. The minimum absolute atomic E-state index is 0.0119. The molecule has 0 aliphatic heterocycles. The Labute approximate surface area is 137 Å². The number of ether oxygens (including phenoxy) is 1. The van der Waals surface area contributed by atoms with Crippen LogP contribution in [0.2, 0.25) is 0 Å². The van der Waals surface area contributed by atoms with Gasteiger partial charge in [-0.05, 0) is 31.4 Å². The molecule has 1 aromatic rings. The van der Waals surface area contributed by atoms with Crippen molar-refractivity contribution in [2.75, 3.05) is 6.61 Å². The lowest BCUT2D eigenvalue weighted by Crippen LogP contribution is -2.66. The fourth-order valence-corrected chi connectivity index (χ4v) is 5.62. The zero-order chi connectivity index (χ0) is 17.2. The molecule has 130 valence electrons. The maximum Gasteiger partial charge on any atom is 0.339 e. The van der Waals surface area contributed by atoms with Gasteiger partial charge in [0.25, 0.3) is 0 Å². The Morgan fingerprint density at radius 2 is 1.46 bits per heavy atom. The number of aromatic carboxylic acids is 1. The molecule has 0 aromatic heterocycles. The van der Waals surface area contributed by atoms with E-state index in [1.807, 2.05) is 0 Å². The Kier molecular flexibility index (Phi) is 3.07. The summed E-state index contributed by atoms with van der Waals surface area (Å²) in [5, 5.41) is 9.19. The first-order valence-corrected chi connectivity index (χ1v) is 8.16. The molecular formula is C18H19F3O3. The zero-order valence-electron chi connectivity index (χ0n) is 13.2. The van der Waals surface area contributed by atoms with Gasteiger partial charge in [-0.2, -0.15) is 0 Å². The van der Waals surface area contributed by atoms with Crippen LogP contribution in [0.4, 0.5) is 13.2 Å². The van der Waals surface area contributed by atoms with Crippen LogP contribution >= 0.6 is 0 Å². The van der Waals surface area contributed by atoms with E-state index in [2.05, 4.69) is 0 Å². The maximum atomic E-state index is 14.9. The molecular weight excluding hydrogens is 321 g/mol. The molecule has 0 spiro atoms. The molecule has 0 heterocycles. The number of rotatable bonds is 4. The van der Waals surface area contributed by atoms with E-state index in [-0.39, 0.29) is 56.4 Å². The van der Waals surface area contributed by atoms with E-state index in [1.165, 1.54) is 12.1 Å². The van der Waals surface area contributed by atoms with Crippen LogP contribution < -0.4 is 4.74 Å². The summed E-state index contributed by atoms with van der Waals surface area (Å²) in [6, 6.07) is 6.11. The number of carboxylic acid groups (broad SMARTS) is 1. The van der Waals surface area contributed by atoms with Gasteiger partial charge in [-0.15, -0.1) is 0 Å². The zero-order valence-corrected chi connectivity index (χ0v) is 13.2. The van der Waals surface area contributed by atoms with E-state index >= 15 is 0 Å². The molecule has 4 saturated carbocycles. The Balaban J connectivity index is 1.60. The fraction of sp³-hybridized carbons (Fsp3) is 0.611. The lowest BCUT2D eigenvalue weighted by atomic mass is 9.46. The second-order valence-electron chi connectivity index (χ2n) is 8.10. The minimum atomic E-state index is -1.83. The van der Waals surface area contributed by atoms with Crippen molar-refractivity contribution in [3.63, 3.8) is 0 Å². The molecule has 0 saturated heterocycles. The predicted octanol–water partition coefficient (Wildman–Crippen LogP) is 4.26. The number of alkyl halides is 3. The average Bonchev–Trinajstić information content (AvgIpc) is 2.40. The van der Waals surface area contributed by atoms with Crippen molar-refractivity contribution in [2.45, 2.75) is 55.5 Å². The average molecular weight is 340 g/mol. The third-order valence-electron chi connectivity index (χ3n) is 5.63.